The minimum absolute atomic E-state index is 0.589. The van der Waals surface area contributed by atoms with Gasteiger partial charge in [0.2, 0.25) is 0 Å². The SMILES string of the molecule is Cc1ccc2[nH]c(-c3ccccc3)c(CN3COc4ccccc43)c2c1. The van der Waals surface area contributed by atoms with E-state index in [-0.39, 0.29) is 0 Å². The lowest BCUT2D eigenvalue weighted by molar-refractivity contribution is 0.346. The molecule has 128 valence electrons. The second-order valence-corrected chi connectivity index (χ2v) is 6.83. The number of H-pyrrole nitrogens is 1. The van der Waals surface area contributed by atoms with Crippen LogP contribution in [-0.2, 0) is 6.54 Å². The number of nitrogens with one attached hydrogen (secondary N) is 1. The maximum absolute atomic E-state index is 5.86. The molecule has 0 saturated heterocycles. The zero-order valence-electron chi connectivity index (χ0n) is 14.7. The minimum Gasteiger partial charge on any atom is -0.471 e. The van der Waals surface area contributed by atoms with Gasteiger partial charge in [0.15, 0.2) is 6.73 Å². The predicted octanol–water partition coefficient (Wildman–Crippen LogP) is 5.50. The quantitative estimate of drug-likeness (QED) is 0.533. The second-order valence-electron chi connectivity index (χ2n) is 6.83. The molecule has 3 nitrogen and oxygen atoms in total. The molecular formula is C23H20N2O. The van der Waals surface area contributed by atoms with Gasteiger partial charge in [-0.3, -0.25) is 0 Å². The molecule has 0 amide bonds. The highest BCUT2D eigenvalue weighted by atomic mass is 16.5. The molecule has 0 radical (unpaired) electrons. The lowest BCUT2D eigenvalue weighted by Crippen LogP contribution is -2.21. The van der Waals surface area contributed by atoms with E-state index in [0.29, 0.717) is 6.73 Å². The van der Waals surface area contributed by atoms with Gasteiger partial charge in [-0.1, -0.05) is 54.1 Å². The van der Waals surface area contributed by atoms with E-state index >= 15 is 0 Å². The van der Waals surface area contributed by atoms with Crippen LogP contribution in [0, 0.1) is 6.92 Å². The molecule has 0 atom stereocenters. The van der Waals surface area contributed by atoms with E-state index in [0.717, 1.165) is 18.0 Å². The zero-order valence-corrected chi connectivity index (χ0v) is 14.7. The van der Waals surface area contributed by atoms with Crippen molar-refractivity contribution in [3.63, 3.8) is 0 Å². The Balaban J connectivity index is 1.65. The second kappa shape index (κ2) is 5.95. The lowest BCUT2D eigenvalue weighted by atomic mass is 10.0. The number of aryl methyl sites for hydroxylation is 1. The van der Waals surface area contributed by atoms with Crippen LogP contribution in [0.15, 0.2) is 72.8 Å². The Morgan fingerprint density at radius 2 is 1.77 bits per heavy atom. The van der Waals surface area contributed by atoms with Crippen LogP contribution in [0.2, 0.25) is 0 Å². The molecule has 1 aliphatic heterocycles. The van der Waals surface area contributed by atoms with E-state index in [4.69, 9.17) is 4.74 Å². The molecule has 0 fully saturated rings. The topological polar surface area (TPSA) is 28.3 Å². The Morgan fingerprint density at radius 3 is 2.65 bits per heavy atom. The average Bonchev–Trinajstić information content (AvgIpc) is 3.25. The molecule has 0 unspecified atom stereocenters. The van der Waals surface area contributed by atoms with Crippen LogP contribution < -0.4 is 9.64 Å². The van der Waals surface area contributed by atoms with Crippen molar-refractivity contribution in [1.82, 2.24) is 4.98 Å². The van der Waals surface area contributed by atoms with Crippen molar-refractivity contribution in [2.24, 2.45) is 0 Å². The maximum Gasteiger partial charge on any atom is 0.162 e. The zero-order chi connectivity index (χ0) is 17.5. The summed E-state index contributed by atoms with van der Waals surface area (Å²) in [6, 6.07) is 25.4. The first-order chi connectivity index (χ1) is 12.8. The molecule has 1 N–H and O–H groups in total. The van der Waals surface area contributed by atoms with E-state index in [2.05, 4.69) is 77.5 Å². The van der Waals surface area contributed by atoms with Crippen LogP contribution in [-0.4, -0.2) is 11.7 Å². The van der Waals surface area contributed by atoms with Gasteiger partial charge in [0, 0.05) is 23.0 Å². The highest BCUT2D eigenvalue weighted by Crippen LogP contribution is 2.38. The summed E-state index contributed by atoms with van der Waals surface area (Å²) < 4.78 is 5.86. The van der Waals surface area contributed by atoms with E-state index in [9.17, 15) is 0 Å². The third kappa shape index (κ3) is 2.44. The summed E-state index contributed by atoms with van der Waals surface area (Å²) in [6.07, 6.45) is 0. The standard InChI is InChI=1S/C23H20N2O/c1-16-11-12-20-18(13-16)19(23(24-20)17-7-3-2-4-8-17)14-25-15-26-22-10-6-5-9-21(22)25/h2-13,24H,14-15H2,1H3. The molecule has 3 heteroatoms. The normalized spacial score (nSPS) is 13.0. The van der Waals surface area contributed by atoms with Gasteiger partial charge < -0.3 is 14.6 Å². The third-order valence-electron chi connectivity index (χ3n) is 5.05. The number of ether oxygens (including phenoxy) is 1. The van der Waals surface area contributed by atoms with Gasteiger partial charge in [0.05, 0.1) is 11.4 Å². The minimum atomic E-state index is 0.589. The van der Waals surface area contributed by atoms with E-state index in [1.165, 1.54) is 33.3 Å². The number of nitrogens with zero attached hydrogens (tertiary/aromatic N) is 1. The Hall–Kier alpha value is -3.20. The highest BCUT2D eigenvalue weighted by molar-refractivity contribution is 5.91. The predicted molar refractivity (Wildman–Crippen MR) is 107 cm³/mol. The van der Waals surface area contributed by atoms with Crippen LogP contribution in [0.25, 0.3) is 22.2 Å². The number of aromatic amines is 1. The molecule has 0 spiro atoms. The first-order valence-electron chi connectivity index (χ1n) is 8.93. The van der Waals surface area contributed by atoms with Crippen LogP contribution >= 0.6 is 0 Å². The van der Waals surface area contributed by atoms with Crippen molar-refractivity contribution in [3.05, 3.63) is 83.9 Å². The average molecular weight is 340 g/mol. The van der Waals surface area contributed by atoms with Gasteiger partial charge in [-0.15, -0.1) is 0 Å². The summed E-state index contributed by atoms with van der Waals surface area (Å²) >= 11 is 0. The number of hydrogen-bond acceptors (Lipinski definition) is 2. The molecule has 2 heterocycles. The van der Waals surface area contributed by atoms with Crippen molar-refractivity contribution in [1.29, 1.82) is 0 Å². The van der Waals surface area contributed by atoms with Gasteiger partial charge in [0.1, 0.15) is 5.75 Å². The van der Waals surface area contributed by atoms with Crippen molar-refractivity contribution < 1.29 is 4.74 Å². The van der Waals surface area contributed by atoms with Crippen LogP contribution in [0.1, 0.15) is 11.1 Å². The van der Waals surface area contributed by atoms with Crippen LogP contribution in [0.4, 0.5) is 5.69 Å². The number of benzene rings is 3. The molecule has 5 rings (SSSR count). The molecule has 1 aromatic heterocycles. The van der Waals surface area contributed by atoms with E-state index in [1.54, 1.807) is 0 Å². The smallest absolute Gasteiger partial charge is 0.162 e. The molecular weight excluding hydrogens is 320 g/mol. The Labute approximate surface area is 152 Å². The first-order valence-corrected chi connectivity index (χ1v) is 8.93. The molecule has 3 aromatic carbocycles. The lowest BCUT2D eigenvalue weighted by Gasteiger charge is -2.17. The molecule has 4 aromatic rings. The fraction of sp³-hybridized carbons (Fsp3) is 0.130. The molecule has 0 bridgehead atoms. The summed E-state index contributed by atoms with van der Waals surface area (Å²) in [4.78, 5) is 5.94. The number of hydrogen-bond donors (Lipinski definition) is 1. The van der Waals surface area contributed by atoms with Crippen molar-refractivity contribution in [2.75, 3.05) is 11.6 Å². The number of fused-ring (bicyclic) bond motifs is 2. The van der Waals surface area contributed by atoms with Gasteiger partial charge in [-0.05, 0) is 36.8 Å². The van der Waals surface area contributed by atoms with Crippen LogP contribution in [0.3, 0.4) is 0 Å². The number of anilines is 1. The summed E-state index contributed by atoms with van der Waals surface area (Å²) in [5, 5.41) is 1.29. The monoisotopic (exact) mass is 340 g/mol. The first kappa shape index (κ1) is 15.1. The Morgan fingerprint density at radius 1 is 0.962 bits per heavy atom. The van der Waals surface area contributed by atoms with Gasteiger partial charge in [-0.25, -0.2) is 0 Å². The van der Waals surface area contributed by atoms with Crippen molar-refractivity contribution in [2.45, 2.75) is 13.5 Å². The van der Waals surface area contributed by atoms with E-state index < -0.39 is 0 Å². The fourth-order valence-electron chi connectivity index (χ4n) is 3.76. The third-order valence-corrected chi connectivity index (χ3v) is 5.05. The maximum atomic E-state index is 5.86. The van der Waals surface area contributed by atoms with Crippen LogP contribution in [0.5, 0.6) is 5.75 Å². The largest absolute Gasteiger partial charge is 0.471 e. The Bertz CT molecular complexity index is 1080. The fourth-order valence-corrected chi connectivity index (χ4v) is 3.76. The van der Waals surface area contributed by atoms with E-state index in [1.807, 2.05) is 12.1 Å². The highest BCUT2D eigenvalue weighted by Gasteiger charge is 2.23. The van der Waals surface area contributed by atoms with Crippen molar-refractivity contribution >= 4 is 16.6 Å². The summed E-state index contributed by atoms with van der Waals surface area (Å²) in [5.74, 6) is 0.963. The molecule has 0 saturated carbocycles. The van der Waals surface area contributed by atoms with Gasteiger partial charge in [0.25, 0.3) is 0 Å². The molecule has 0 aliphatic carbocycles. The Kier molecular flexibility index (Phi) is 3.45. The summed E-state index contributed by atoms with van der Waals surface area (Å²) in [5.41, 5.74) is 7.33. The number of rotatable bonds is 3. The summed E-state index contributed by atoms with van der Waals surface area (Å²) in [6.45, 7) is 3.55. The van der Waals surface area contributed by atoms with Gasteiger partial charge in [-0.2, -0.15) is 0 Å². The van der Waals surface area contributed by atoms with Gasteiger partial charge >= 0.3 is 0 Å². The molecule has 1 aliphatic rings. The number of para-hydroxylation sites is 2. The molecule has 26 heavy (non-hydrogen) atoms. The summed E-state index contributed by atoms with van der Waals surface area (Å²) in [7, 11) is 0. The number of aromatic nitrogens is 1. The van der Waals surface area contributed by atoms with Crippen molar-refractivity contribution in [3.8, 4) is 17.0 Å².